The van der Waals surface area contributed by atoms with Gasteiger partial charge < -0.3 is 10.6 Å². The van der Waals surface area contributed by atoms with Gasteiger partial charge in [-0.05, 0) is 0 Å². The van der Waals surface area contributed by atoms with E-state index in [4.69, 9.17) is 0 Å². The van der Waals surface area contributed by atoms with Gasteiger partial charge >= 0.3 is 0 Å². The van der Waals surface area contributed by atoms with Crippen molar-refractivity contribution in [1.29, 1.82) is 0 Å². The average Bonchev–Trinajstić information content (AvgIpc) is 2.55. The van der Waals surface area contributed by atoms with E-state index in [1.165, 1.54) is 6.33 Å². The topological polar surface area (TPSA) is 49.8 Å². The highest BCUT2D eigenvalue weighted by molar-refractivity contribution is 5.67. The van der Waals surface area contributed by atoms with Gasteiger partial charge in [0.2, 0.25) is 0 Å². The largest absolute Gasteiger partial charge is 0.364 e. The molecule has 0 spiro atoms. The van der Waals surface area contributed by atoms with Crippen LogP contribution < -0.4 is 10.6 Å². The summed E-state index contributed by atoms with van der Waals surface area (Å²) in [5.41, 5.74) is 0.984. The van der Waals surface area contributed by atoms with Crippen molar-refractivity contribution in [2.45, 2.75) is 13.8 Å². The van der Waals surface area contributed by atoms with Crippen LogP contribution in [-0.4, -0.2) is 16.6 Å². The predicted molar refractivity (Wildman–Crippen MR) is 45.5 cm³/mol. The summed E-state index contributed by atoms with van der Waals surface area (Å²) in [6.45, 7) is 4.76. The van der Waals surface area contributed by atoms with Crippen LogP contribution in [0.5, 0.6) is 0 Å². The molecule has 1 aromatic heterocycles. The van der Waals surface area contributed by atoms with E-state index in [9.17, 15) is 0 Å². The minimum absolute atomic E-state index is 0.758. The summed E-state index contributed by atoms with van der Waals surface area (Å²) in [5.74, 6) is 0.894. The van der Waals surface area contributed by atoms with Crippen LogP contribution in [0.4, 0.5) is 11.5 Å². The molecule has 0 unspecified atom stereocenters. The fourth-order valence-electron chi connectivity index (χ4n) is 0.823. The molecule has 0 aliphatic carbocycles. The molecule has 0 saturated carbocycles. The zero-order chi connectivity index (χ0) is 8.10. The Kier molecular flexibility index (Phi) is 2.66. The lowest BCUT2D eigenvalue weighted by molar-refractivity contribution is 1.18. The average molecular weight is 152 g/mol. The third-order valence-electron chi connectivity index (χ3n) is 1.25. The van der Waals surface area contributed by atoms with Gasteiger partial charge in [-0.3, -0.25) is 0 Å². The van der Waals surface area contributed by atoms with Gasteiger partial charge in [0.15, 0.2) is 5.82 Å². The number of hydrogen-bond acceptors (Lipinski definition) is 4. The molecule has 0 saturated heterocycles. The summed E-state index contributed by atoms with van der Waals surface area (Å²) in [5, 5.41) is 6.10. The lowest BCUT2D eigenvalue weighted by Crippen LogP contribution is -1.99. The Labute approximate surface area is 66.1 Å². The van der Waals surface area contributed by atoms with Crippen molar-refractivity contribution in [3.63, 3.8) is 0 Å². The first-order valence-corrected chi connectivity index (χ1v) is 3.74. The minimum Gasteiger partial charge on any atom is -0.364 e. The quantitative estimate of drug-likeness (QED) is 0.588. The SMILES string of the molecule is CC.c1ncc2c(n1)NCN2. The number of rotatable bonds is 0. The van der Waals surface area contributed by atoms with Crippen LogP contribution in [0.1, 0.15) is 13.8 Å². The zero-order valence-corrected chi connectivity index (χ0v) is 6.76. The van der Waals surface area contributed by atoms with E-state index < -0.39 is 0 Å². The van der Waals surface area contributed by atoms with Crippen molar-refractivity contribution in [3.05, 3.63) is 12.5 Å². The maximum atomic E-state index is 3.97. The van der Waals surface area contributed by atoms with Gasteiger partial charge in [0.05, 0.1) is 18.6 Å². The summed E-state index contributed by atoms with van der Waals surface area (Å²) in [7, 11) is 0. The Morgan fingerprint density at radius 2 is 2.18 bits per heavy atom. The van der Waals surface area contributed by atoms with Gasteiger partial charge in [-0.1, -0.05) is 13.8 Å². The molecule has 1 aliphatic rings. The maximum absolute atomic E-state index is 3.97. The minimum atomic E-state index is 0.758. The van der Waals surface area contributed by atoms with E-state index >= 15 is 0 Å². The lowest BCUT2D eigenvalue weighted by atomic mass is 10.5. The monoisotopic (exact) mass is 152 g/mol. The molecule has 2 N–H and O–H groups in total. The van der Waals surface area contributed by atoms with E-state index in [0.717, 1.165) is 18.2 Å². The molecule has 11 heavy (non-hydrogen) atoms. The van der Waals surface area contributed by atoms with E-state index in [1.807, 2.05) is 13.8 Å². The third-order valence-corrected chi connectivity index (χ3v) is 1.25. The van der Waals surface area contributed by atoms with Gasteiger partial charge in [-0.15, -0.1) is 0 Å². The van der Waals surface area contributed by atoms with E-state index in [0.29, 0.717) is 0 Å². The molecular weight excluding hydrogens is 140 g/mol. The van der Waals surface area contributed by atoms with E-state index in [2.05, 4.69) is 20.6 Å². The van der Waals surface area contributed by atoms with E-state index in [1.54, 1.807) is 6.20 Å². The smallest absolute Gasteiger partial charge is 0.154 e. The van der Waals surface area contributed by atoms with Crippen LogP contribution in [0.15, 0.2) is 12.5 Å². The summed E-state index contributed by atoms with van der Waals surface area (Å²) in [6, 6.07) is 0. The molecule has 60 valence electrons. The molecule has 0 atom stereocenters. The second-order valence-corrected chi connectivity index (χ2v) is 1.82. The van der Waals surface area contributed by atoms with Gasteiger partial charge in [0.25, 0.3) is 0 Å². The van der Waals surface area contributed by atoms with Gasteiger partial charge in [-0.25, -0.2) is 9.97 Å². The predicted octanol–water partition coefficient (Wildman–Crippen LogP) is 1.30. The van der Waals surface area contributed by atoms with Crippen molar-refractivity contribution in [1.82, 2.24) is 9.97 Å². The highest BCUT2D eigenvalue weighted by Gasteiger charge is 2.07. The van der Waals surface area contributed by atoms with Crippen LogP contribution >= 0.6 is 0 Å². The number of anilines is 2. The molecule has 2 heterocycles. The van der Waals surface area contributed by atoms with Crippen molar-refractivity contribution in [2.24, 2.45) is 0 Å². The first-order chi connectivity index (χ1) is 5.47. The summed E-state index contributed by atoms with van der Waals surface area (Å²) in [6.07, 6.45) is 3.28. The molecule has 0 fully saturated rings. The van der Waals surface area contributed by atoms with Crippen LogP contribution in [0, 0.1) is 0 Å². The number of aromatic nitrogens is 2. The molecule has 4 heteroatoms. The Morgan fingerprint density at radius 1 is 1.36 bits per heavy atom. The highest BCUT2D eigenvalue weighted by Crippen LogP contribution is 2.19. The Morgan fingerprint density at radius 3 is 2.91 bits per heavy atom. The molecule has 0 radical (unpaired) electrons. The molecule has 0 amide bonds. The van der Waals surface area contributed by atoms with Crippen molar-refractivity contribution < 1.29 is 0 Å². The Bertz CT molecular complexity index is 200. The first kappa shape index (κ1) is 7.78. The van der Waals surface area contributed by atoms with Crippen LogP contribution in [0.3, 0.4) is 0 Å². The lowest BCUT2D eigenvalue weighted by Gasteiger charge is -1.91. The fraction of sp³-hybridized carbons (Fsp3) is 0.429. The van der Waals surface area contributed by atoms with Crippen LogP contribution in [0.2, 0.25) is 0 Å². The second-order valence-electron chi connectivity index (χ2n) is 1.82. The number of fused-ring (bicyclic) bond motifs is 1. The third kappa shape index (κ3) is 1.58. The van der Waals surface area contributed by atoms with E-state index in [-0.39, 0.29) is 0 Å². The molecule has 4 nitrogen and oxygen atoms in total. The Balaban J connectivity index is 0.000000281. The van der Waals surface area contributed by atoms with Gasteiger partial charge in [-0.2, -0.15) is 0 Å². The van der Waals surface area contributed by atoms with Crippen molar-refractivity contribution >= 4 is 11.5 Å². The molecule has 1 aliphatic heterocycles. The Hall–Kier alpha value is -1.32. The number of nitrogens with zero attached hydrogens (tertiary/aromatic N) is 2. The van der Waals surface area contributed by atoms with Crippen LogP contribution in [-0.2, 0) is 0 Å². The number of hydrogen-bond donors (Lipinski definition) is 2. The second kappa shape index (κ2) is 3.75. The molecule has 1 aromatic rings. The number of nitrogens with one attached hydrogen (secondary N) is 2. The summed E-state index contributed by atoms with van der Waals surface area (Å²) >= 11 is 0. The summed E-state index contributed by atoms with van der Waals surface area (Å²) in [4.78, 5) is 7.82. The molecule has 0 bridgehead atoms. The van der Waals surface area contributed by atoms with Crippen molar-refractivity contribution in [2.75, 3.05) is 17.3 Å². The van der Waals surface area contributed by atoms with Crippen LogP contribution in [0.25, 0.3) is 0 Å². The van der Waals surface area contributed by atoms with Gasteiger partial charge in [0.1, 0.15) is 6.33 Å². The molecule has 2 rings (SSSR count). The normalized spacial score (nSPS) is 11.8. The maximum Gasteiger partial charge on any atom is 0.154 e. The van der Waals surface area contributed by atoms with Crippen molar-refractivity contribution in [3.8, 4) is 0 Å². The fourth-order valence-corrected chi connectivity index (χ4v) is 0.823. The van der Waals surface area contributed by atoms with Gasteiger partial charge in [0, 0.05) is 0 Å². The first-order valence-electron chi connectivity index (χ1n) is 3.74. The standard InChI is InChI=1S/C5H6N4.C2H6/c1-4-5(8-2-6-1)9-3-7-4;1-2/h1-2,7H,3H2,(H,6,8,9);1-2H3. The zero-order valence-electron chi connectivity index (χ0n) is 6.76. The summed E-state index contributed by atoms with van der Waals surface area (Å²) < 4.78 is 0. The molecular formula is C7H12N4. The molecule has 0 aromatic carbocycles. The highest BCUT2D eigenvalue weighted by atomic mass is 15.2.